The van der Waals surface area contributed by atoms with E-state index in [-0.39, 0.29) is 24.0 Å². The van der Waals surface area contributed by atoms with Crippen LogP contribution in [0.4, 0.5) is 0 Å². The van der Waals surface area contributed by atoms with Gasteiger partial charge in [-0.15, -0.1) is 0 Å². The van der Waals surface area contributed by atoms with Gasteiger partial charge in [-0.2, -0.15) is 0 Å². The Labute approximate surface area is 132 Å². The number of carboxylic acid groups (broad SMARTS) is 2. The minimum atomic E-state index is -1.19. The van der Waals surface area contributed by atoms with Crippen LogP contribution in [0.15, 0.2) is 11.1 Å². The fraction of sp³-hybridized carbons (Fsp3) is 0.750. The van der Waals surface area contributed by atoms with E-state index in [1.54, 1.807) is 14.2 Å². The maximum absolute atomic E-state index is 11.5. The smallest absolute Gasteiger partial charge is 0.332 e. The molecular formula is C16H28O6. The fourth-order valence-corrected chi connectivity index (χ4v) is 1.83. The number of carboxylic acids is 2. The quantitative estimate of drug-likeness (QED) is 0.602. The predicted octanol–water partition coefficient (Wildman–Crippen LogP) is 2.86. The molecule has 0 rings (SSSR count). The number of ether oxygens (including phenoxy) is 2. The van der Waals surface area contributed by atoms with E-state index in [0.29, 0.717) is 12.8 Å². The summed E-state index contributed by atoms with van der Waals surface area (Å²) in [5.41, 5.74) is -1.14. The zero-order valence-electron chi connectivity index (χ0n) is 14.4. The van der Waals surface area contributed by atoms with E-state index in [9.17, 15) is 19.8 Å². The third-order valence-corrected chi connectivity index (χ3v) is 3.94. The normalized spacial score (nSPS) is 13.7. The molecule has 0 aromatic rings. The van der Waals surface area contributed by atoms with Crippen LogP contribution in [-0.2, 0) is 19.1 Å². The van der Waals surface area contributed by atoms with E-state index in [4.69, 9.17) is 9.47 Å². The summed E-state index contributed by atoms with van der Waals surface area (Å²) >= 11 is 0. The second-order valence-electron chi connectivity index (χ2n) is 6.50. The molecule has 0 aliphatic rings. The average molecular weight is 316 g/mol. The number of aliphatic carboxylic acids is 2. The Balaban J connectivity index is 5.31. The van der Waals surface area contributed by atoms with E-state index >= 15 is 0 Å². The second kappa shape index (κ2) is 8.29. The number of rotatable bonds is 10. The average Bonchev–Trinajstić information content (AvgIpc) is 2.41. The third-order valence-electron chi connectivity index (χ3n) is 3.94. The summed E-state index contributed by atoms with van der Waals surface area (Å²) in [6, 6.07) is 0. The van der Waals surface area contributed by atoms with Gasteiger partial charge in [-0.3, -0.25) is 0 Å². The van der Waals surface area contributed by atoms with Crippen LogP contribution in [0.5, 0.6) is 0 Å². The van der Waals surface area contributed by atoms with Gasteiger partial charge in [-0.1, -0.05) is 0 Å². The molecule has 22 heavy (non-hydrogen) atoms. The van der Waals surface area contributed by atoms with Crippen LogP contribution in [0.25, 0.3) is 0 Å². The molecule has 0 aliphatic carbocycles. The molecule has 0 heterocycles. The summed E-state index contributed by atoms with van der Waals surface area (Å²) in [6.45, 7) is 7.34. The first-order valence-corrected chi connectivity index (χ1v) is 7.24. The van der Waals surface area contributed by atoms with E-state index in [0.717, 1.165) is 0 Å². The van der Waals surface area contributed by atoms with Gasteiger partial charge in [-0.05, 0) is 53.4 Å². The van der Waals surface area contributed by atoms with Crippen LogP contribution < -0.4 is 0 Å². The topological polar surface area (TPSA) is 93.1 Å². The summed E-state index contributed by atoms with van der Waals surface area (Å²) in [5.74, 6) is -2.39. The van der Waals surface area contributed by atoms with E-state index < -0.39 is 23.1 Å². The molecule has 0 saturated carbocycles. The molecule has 128 valence electrons. The molecule has 0 bridgehead atoms. The van der Waals surface area contributed by atoms with Gasteiger partial charge >= 0.3 is 11.9 Å². The van der Waals surface area contributed by atoms with E-state index in [1.165, 1.54) is 0 Å². The van der Waals surface area contributed by atoms with Gasteiger partial charge in [0.1, 0.15) is 0 Å². The van der Waals surface area contributed by atoms with E-state index in [2.05, 4.69) is 0 Å². The van der Waals surface area contributed by atoms with Gasteiger partial charge in [0.25, 0.3) is 0 Å². The van der Waals surface area contributed by atoms with Crippen LogP contribution >= 0.6 is 0 Å². The van der Waals surface area contributed by atoms with Gasteiger partial charge in [0.15, 0.2) is 0 Å². The maximum Gasteiger partial charge on any atom is 0.332 e. The molecule has 0 aliphatic heterocycles. The molecule has 6 heteroatoms. The van der Waals surface area contributed by atoms with Crippen molar-refractivity contribution >= 4 is 11.9 Å². The Bertz CT molecular complexity index is 394. The van der Waals surface area contributed by atoms with Crippen molar-refractivity contribution in [2.45, 2.75) is 64.6 Å². The summed E-state index contributed by atoms with van der Waals surface area (Å²) in [7, 11) is 3.09. The van der Waals surface area contributed by atoms with E-state index in [1.807, 2.05) is 27.7 Å². The molecule has 0 radical (unpaired) electrons. The molecule has 0 unspecified atom stereocenters. The zero-order chi connectivity index (χ0) is 17.6. The van der Waals surface area contributed by atoms with Crippen molar-refractivity contribution in [2.75, 3.05) is 14.2 Å². The lowest BCUT2D eigenvalue weighted by Crippen LogP contribution is -2.25. The molecule has 0 aromatic carbocycles. The Morgan fingerprint density at radius 2 is 1.05 bits per heavy atom. The highest BCUT2D eigenvalue weighted by molar-refractivity contribution is 5.98. The van der Waals surface area contributed by atoms with Crippen molar-refractivity contribution < 1.29 is 29.3 Å². The second-order valence-corrected chi connectivity index (χ2v) is 6.50. The molecule has 6 nitrogen and oxygen atoms in total. The summed E-state index contributed by atoms with van der Waals surface area (Å²) in [5, 5.41) is 18.7. The zero-order valence-corrected chi connectivity index (χ0v) is 14.4. The minimum absolute atomic E-state index is 0.0653. The van der Waals surface area contributed by atoms with Gasteiger partial charge in [0.05, 0.1) is 11.2 Å². The summed E-state index contributed by atoms with van der Waals surface area (Å²) < 4.78 is 10.5. The lowest BCUT2D eigenvalue weighted by atomic mass is 9.91. The van der Waals surface area contributed by atoms with Gasteiger partial charge in [-0.25, -0.2) is 9.59 Å². The molecule has 0 aromatic heterocycles. The predicted molar refractivity (Wildman–Crippen MR) is 82.9 cm³/mol. The monoisotopic (exact) mass is 316 g/mol. The molecular weight excluding hydrogens is 288 g/mol. The first-order valence-electron chi connectivity index (χ1n) is 7.24. The third kappa shape index (κ3) is 7.04. The lowest BCUT2D eigenvalue weighted by molar-refractivity contribution is -0.136. The fourth-order valence-electron chi connectivity index (χ4n) is 1.83. The largest absolute Gasteiger partial charge is 0.478 e. The Morgan fingerprint density at radius 1 is 0.773 bits per heavy atom. The van der Waals surface area contributed by atoms with Crippen LogP contribution in [-0.4, -0.2) is 47.6 Å². The van der Waals surface area contributed by atoms with Crippen LogP contribution in [0.1, 0.15) is 53.4 Å². The Kier molecular flexibility index (Phi) is 7.76. The molecule has 0 spiro atoms. The SMILES string of the molecule is COC(C)(C)CC/C(C(=O)O)=C(\CCC(C)(C)OC)C(=O)O. The standard InChI is InChI=1S/C16H28O6/c1-15(2,21-5)9-7-11(13(17)18)12(14(19)20)8-10-16(3,4)22-6/h7-10H2,1-6H3,(H,17,18)(H,19,20)/b12-11-. The van der Waals surface area contributed by atoms with Crippen molar-refractivity contribution in [1.29, 1.82) is 0 Å². The van der Waals surface area contributed by atoms with Crippen LogP contribution in [0.3, 0.4) is 0 Å². The number of methoxy groups -OCH3 is 2. The molecule has 0 fully saturated rings. The van der Waals surface area contributed by atoms with Gasteiger partial charge < -0.3 is 19.7 Å². The number of hydrogen-bond donors (Lipinski definition) is 2. The van der Waals surface area contributed by atoms with Gasteiger partial charge in [0.2, 0.25) is 0 Å². The molecule has 0 atom stereocenters. The summed E-state index contributed by atoms with van der Waals surface area (Å²) in [4.78, 5) is 22.9. The highest BCUT2D eigenvalue weighted by atomic mass is 16.5. The Hall–Kier alpha value is -1.40. The van der Waals surface area contributed by atoms with Crippen molar-refractivity contribution in [3.63, 3.8) is 0 Å². The van der Waals surface area contributed by atoms with Gasteiger partial charge in [0, 0.05) is 25.4 Å². The number of carbonyl (C=O) groups is 2. The van der Waals surface area contributed by atoms with Crippen molar-refractivity contribution in [2.24, 2.45) is 0 Å². The first-order chi connectivity index (χ1) is 9.95. The van der Waals surface area contributed by atoms with Crippen molar-refractivity contribution in [3.8, 4) is 0 Å². The molecule has 2 N–H and O–H groups in total. The van der Waals surface area contributed by atoms with Crippen molar-refractivity contribution in [1.82, 2.24) is 0 Å². The molecule has 0 saturated heterocycles. The maximum atomic E-state index is 11.5. The van der Waals surface area contributed by atoms with Crippen LogP contribution in [0, 0.1) is 0 Å². The van der Waals surface area contributed by atoms with Crippen LogP contribution in [0.2, 0.25) is 0 Å². The van der Waals surface area contributed by atoms with Crippen molar-refractivity contribution in [3.05, 3.63) is 11.1 Å². The lowest BCUT2D eigenvalue weighted by Gasteiger charge is -2.24. The highest BCUT2D eigenvalue weighted by Crippen LogP contribution is 2.26. The molecule has 0 amide bonds. The Morgan fingerprint density at radius 3 is 1.23 bits per heavy atom. The minimum Gasteiger partial charge on any atom is -0.478 e. The highest BCUT2D eigenvalue weighted by Gasteiger charge is 2.26. The summed E-state index contributed by atoms with van der Waals surface area (Å²) in [6.07, 6.45) is 1.14. The first kappa shape index (κ1) is 20.6. The number of hydrogen-bond acceptors (Lipinski definition) is 4.